The Morgan fingerprint density at radius 2 is 2.33 bits per heavy atom. The van der Waals surface area contributed by atoms with Crippen molar-refractivity contribution in [2.75, 3.05) is 0 Å². The number of carboxylic acid groups (broad SMARTS) is 1. The molecule has 15 heavy (non-hydrogen) atoms. The average molecular weight is 205 g/mol. The van der Waals surface area contributed by atoms with Crippen LogP contribution in [0.25, 0.3) is 0 Å². The van der Waals surface area contributed by atoms with Crippen LogP contribution >= 0.6 is 0 Å². The van der Waals surface area contributed by atoms with Crippen LogP contribution in [0.5, 0.6) is 0 Å². The van der Waals surface area contributed by atoms with Gasteiger partial charge in [-0.05, 0) is 36.1 Å². The fourth-order valence-corrected chi connectivity index (χ4v) is 2.00. The Balaban J connectivity index is 2.30. The average Bonchev–Trinajstić information content (AvgIpc) is 2.27. The van der Waals surface area contributed by atoms with E-state index < -0.39 is 5.97 Å². The van der Waals surface area contributed by atoms with E-state index in [9.17, 15) is 4.79 Å². The largest absolute Gasteiger partial charge is 0.478 e. The van der Waals surface area contributed by atoms with Gasteiger partial charge in [0.05, 0.1) is 5.56 Å². The molecule has 80 valence electrons. The molecule has 0 amide bonds. The van der Waals surface area contributed by atoms with Gasteiger partial charge in [0.1, 0.15) is 0 Å². The lowest BCUT2D eigenvalue weighted by molar-refractivity contribution is 0.0696. The van der Waals surface area contributed by atoms with Gasteiger partial charge in [0, 0.05) is 12.6 Å². The minimum atomic E-state index is -0.843. The number of carbonyl (C=O) groups is 1. The first-order valence-electron chi connectivity index (χ1n) is 5.29. The normalized spacial score (nSPS) is 19.7. The predicted octanol–water partition coefficient (Wildman–Crippen LogP) is 1.81. The third-order valence-corrected chi connectivity index (χ3v) is 2.99. The van der Waals surface area contributed by atoms with Crippen molar-refractivity contribution in [3.63, 3.8) is 0 Å². The zero-order valence-electron chi connectivity index (χ0n) is 8.79. The molecule has 1 heterocycles. The van der Waals surface area contributed by atoms with Crippen molar-refractivity contribution < 1.29 is 9.90 Å². The minimum absolute atomic E-state index is 0.394. The van der Waals surface area contributed by atoms with Gasteiger partial charge in [-0.3, -0.25) is 0 Å². The SMILES string of the molecule is CCC1Cc2cc(C(=O)O)ccc2CN1. The van der Waals surface area contributed by atoms with Crippen molar-refractivity contribution in [3.8, 4) is 0 Å². The summed E-state index contributed by atoms with van der Waals surface area (Å²) in [4.78, 5) is 10.8. The molecule has 1 aromatic rings. The first-order chi connectivity index (χ1) is 7.20. The quantitative estimate of drug-likeness (QED) is 0.774. The number of nitrogens with one attached hydrogen (secondary N) is 1. The topological polar surface area (TPSA) is 49.3 Å². The molecule has 3 heteroatoms. The molecular formula is C12H15NO2. The molecule has 1 aliphatic rings. The van der Waals surface area contributed by atoms with Gasteiger partial charge in [0.2, 0.25) is 0 Å². The highest BCUT2D eigenvalue weighted by Crippen LogP contribution is 2.19. The maximum atomic E-state index is 10.8. The highest BCUT2D eigenvalue weighted by atomic mass is 16.4. The van der Waals surface area contributed by atoms with Crippen molar-refractivity contribution in [1.82, 2.24) is 5.32 Å². The number of hydrogen-bond acceptors (Lipinski definition) is 2. The molecule has 1 aliphatic heterocycles. The van der Waals surface area contributed by atoms with Crippen molar-refractivity contribution in [1.29, 1.82) is 0 Å². The van der Waals surface area contributed by atoms with Gasteiger partial charge >= 0.3 is 5.97 Å². The van der Waals surface area contributed by atoms with Gasteiger partial charge in [-0.15, -0.1) is 0 Å². The molecule has 0 bridgehead atoms. The fraction of sp³-hybridized carbons (Fsp3) is 0.417. The van der Waals surface area contributed by atoms with Crippen LogP contribution in [-0.4, -0.2) is 17.1 Å². The van der Waals surface area contributed by atoms with Crippen molar-refractivity contribution in [3.05, 3.63) is 34.9 Å². The van der Waals surface area contributed by atoms with E-state index in [1.54, 1.807) is 12.1 Å². The Bertz CT molecular complexity index is 387. The van der Waals surface area contributed by atoms with Gasteiger partial charge in [0.15, 0.2) is 0 Å². The number of carboxylic acids is 1. The van der Waals surface area contributed by atoms with Crippen molar-refractivity contribution >= 4 is 5.97 Å². The van der Waals surface area contributed by atoms with Crippen molar-refractivity contribution in [2.24, 2.45) is 0 Å². The smallest absolute Gasteiger partial charge is 0.335 e. The third-order valence-electron chi connectivity index (χ3n) is 2.99. The monoisotopic (exact) mass is 205 g/mol. The van der Waals surface area contributed by atoms with E-state index in [0.717, 1.165) is 19.4 Å². The Morgan fingerprint density at radius 1 is 1.53 bits per heavy atom. The molecule has 0 spiro atoms. The Hall–Kier alpha value is -1.35. The maximum Gasteiger partial charge on any atom is 0.335 e. The van der Waals surface area contributed by atoms with Crippen LogP contribution in [0.3, 0.4) is 0 Å². The zero-order chi connectivity index (χ0) is 10.8. The molecule has 0 saturated carbocycles. The van der Waals surface area contributed by atoms with E-state index in [2.05, 4.69) is 12.2 Å². The lowest BCUT2D eigenvalue weighted by atomic mass is 9.93. The van der Waals surface area contributed by atoms with E-state index in [1.807, 2.05) is 6.07 Å². The molecule has 2 rings (SSSR count). The van der Waals surface area contributed by atoms with Gasteiger partial charge in [-0.2, -0.15) is 0 Å². The first-order valence-corrected chi connectivity index (χ1v) is 5.29. The summed E-state index contributed by atoms with van der Waals surface area (Å²) in [6.45, 7) is 3.00. The molecule has 0 fully saturated rings. The van der Waals surface area contributed by atoms with Crippen molar-refractivity contribution in [2.45, 2.75) is 32.4 Å². The number of rotatable bonds is 2. The van der Waals surface area contributed by atoms with Crippen LogP contribution in [0.15, 0.2) is 18.2 Å². The van der Waals surface area contributed by atoms with E-state index >= 15 is 0 Å². The summed E-state index contributed by atoms with van der Waals surface area (Å²) >= 11 is 0. The number of hydrogen-bond donors (Lipinski definition) is 2. The minimum Gasteiger partial charge on any atom is -0.478 e. The molecule has 1 aromatic carbocycles. The van der Waals surface area contributed by atoms with Crippen LogP contribution < -0.4 is 5.32 Å². The second kappa shape index (κ2) is 4.03. The highest BCUT2D eigenvalue weighted by molar-refractivity contribution is 5.87. The summed E-state index contributed by atoms with van der Waals surface area (Å²) in [5.74, 6) is -0.843. The van der Waals surface area contributed by atoms with Crippen LogP contribution in [0.2, 0.25) is 0 Å². The standard InChI is InChI=1S/C12H15NO2/c1-2-11-6-10-5-8(12(14)15)3-4-9(10)7-13-11/h3-5,11,13H,2,6-7H2,1H3,(H,14,15). The van der Waals surface area contributed by atoms with Gasteiger partial charge < -0.3 is 10.4 Å². The molecule has 0 aromatic heterocycles. The van der Waals surface area contributed by atoms with Gasteiger partial charge in [0.25, 0.3) is 0 Å². The zero-order valence-corrected chi connectivity index (χ0v) is 8.79. The summed E-state index contributed by atoms with van der Waals surface area (Å²) in [5, 5.41) is 12.3. The van der Waals surface area contributed by atoms with E-state index in [-0.39, 0.29) is 0 Å². The van der Waals surface area contributed by atoms with Crippen LogP contribution in [-0.2, 0) is 13.0 Å². The molecule has 0 radical (unpaired) electrons. The van der Waals surface area contributed by atoms with E-state index in [1.165, 1.54) is 11.1 Å². The Kier molecular flexibility index (Phi) is 2.73. The van der Waals surface area contributed by atoms with Crippen LogP contribution in [0, 0.1) is 0 Å². The lowest BCUT2D eigenvalue weighted by Crippen LogP contribution is -2.34. The molecule has 1 atom stereocenters. The predicted molar refractivity (Wildman–Crippen MR) is 58.0 cm³/mol. The van der Waals surface area contributed by atoms with E-state index in [0.29, 0.717) is 11.6 Å². The highest BCUT2D eigenvalue weighted by Gasteiger charge is 2.17. The summed E-state index contributed by atoms with van der Waals surface area (Å²) in [6, 6.07) is 5.88. The second-order valence-electron chi connectivity index (χ2n) is 3.98. The molecule has 3 nitrogen and oxygen atoms in total. The molecular weight excluding hydrogens is 190 g/mol. The molecule has 0 saturated heterocycles. The summed E-state index contributed by atoms with van der Waals surface area (Å²) in [7, 11) is 0. The lowest BCUT2D eigenvalue weighted by Gasteiger charge is -2.25. The molecule has 1 unspecified atom stereocenters. The van der Waals surface area contributed by atoms with Crippen LogP contribution in [0.4, 0.5) is 0 Å². The molecule has 2 N–H and O–H groups in total. The number of aromatic carboxylic acids is 1. The summed E-state index contributed by atoms with van der Waals surface area (Å²) < 4.78 is 0. The first kappa shape index (κ1) is 10.2. The third kappa shape index (κ3) is 2.02. The van der Waals surface area contributed by atoms with Gasteiger partial charge in [-0.25, -0.2) is 4.79 Å². The van der Waals surface area contributed by atoms with Crippen LogP contribution in [0.1, 0.15) is 34.8 Å². The Morgan fingerprint density at radius 3 is 3.00 bits per heavy atom. The van der Waals surface area contributed by atoms with E-state index in [4.69, 9.17) is 5.11 Å². The van der Waals surface area contributed by atoms with Gasteiger partial charge in [-0.1, -0.05) is 13.0 Å². The molecule has 0 aliphatic carbocycles. The Labute approximate surface area is 89.1 Å². The second-order valence-corrected chi connectivity index (χ2v) is 3.98. The number of benzene rings is 1. The summed E-state index contributed by atoms with van der Waals surface area (Å²) in [5.41, 5.74) is 2.80. The summed E-state index contributed by atoms with van der Waals surface area (Å²) in [6.07, 6.45) is 2.02. The number of fused-ring (bicyclic) bond motifs is 1. The fourth-order valence-electron chi connectivity index (χ4n) is 2.00. The maximum absolute atomic E-state index is 10.8.